The molecule has 1 heterocycles. The Labute approximate surface area is 159 Å². The number of likely N-dealkylation sites (tertiary alicyclic amines) is 1. The smallest absolute Gasteiger partial charge is 0.340 e. The third-order valence-electron chi connectivity index (χ3n) is 4.99. The summed E-state index contributed by atoms with van der Waals surface area (Å²) in [4.78, 5) is 37.2. The standard InChI is InChI=1S/C21H26N2O4/c24-19-11-6-14-23(19)20(25)15-27-21(26)17-9-4-5-10-18(17)22-13-12-16-7-2-1-3-8-16/h4-5,7,9-10,22H,1-3,6,8,11-15H2. The molecule has 0 atom stereocenters. The first-order valence-electron chi connectivity index (χ1n) is 9.66. The number of ether oxygens (including phenoxy) is 1. The van der Waals surface area contributed by atoms with Crippen LogP contribution in [0.3, 0.4) is 0 Å². The average Bonchev–Trinajstić information content (AvgIpc) is 3.13. The van der Waals surface area contributed by atoms with Crippen molar-refractivity contribution < 1.29 is 19.1 Å². The van der Waals surface area contributed by atoms with Crippen LogP contribution < -0.4 is 5.32 Å². The van der Waals surface area contributed by atoms with Gasteiger partial charge in [0.1, 0.15) is 0 Å². The highest BCUT2D eigenvalue weighted by atomic mass is 16.5. The van der Waals surface area contributed by atoms with Crippen molar-refractivity contribution in [2.45, 2.75) is 44.9 Å². The molecule has 1 aromatic rings. The molecule has 0 spiro atoms. The SMILES string of the molecule is O=C(OCC(=O)N1CCCC1=O)c1ccccc1NCCC1=CCCCC1. The van der Waals surface area contributed by atoms with Crippen LogP contribution in [0.4, 0.5) is 5.69 Å². The molecular formula is C21H26N2O4. The van der Waals surface area contributed by atoms with Gasteiger partial charge in [-0.1, -0.05) is 23.8 Å². The number of para-hydroxylation sites is 1. The number of rotatable bonds is 7. The third-order valence-corrected chi connectivity index (χ3v) is 4.99. The number of nitrogens with zero attached hydrogens (tertiary/aromatic N) is 1. The predicted molar refractivity (Wildman–Crippen MR) is 102 cm³/mol. The van der Waals surface area contributed by atoms with Crippen molar-refractivity contribution in [3.05, 3.63) is 41.5 Å². The zero-order valence-electron chi connectivity index (χ0n) is 15.5. The second-order valence-electron chi connectivity index (χ2n) is 6.95. The topological polar surface area (TPSA) is 75.7 Å². The van der Waals surface area contributed by atoms with E-state index in [2.05, 4.69) is 11.4 Å². The molecule has 1 aliphatic carbocycles. The summed E-state index contributed by atoms with van der Waals surface area (Å²) in [6.45, 7) is 0.742. The maximum atomic E-state index is 12.4. The Morgan fingerprint density at radius 1 is 1.11 bits per heavy atom. The van der Waals surface area contributed by atoms with Gasteiger partial charge in [-0.2, -0.15) is 0 Å². The van der Waals surface area contributed by atoms with Crippen LogP contribution in [0.1, 0.15) is 55.3 Å². The van der Waals surface area contributed by atoms with Crippen molar-refractivity contribution in [3.8, 4) is 0 Å². The second-order valence-corrected chi connectivity index (χ2v) is 6.95. The second kappa shape index (κ2) is 9.35. The van der Waals surface area contributed by atoms with Crippen molar-refractivity contribution in [3.63, 3.8) is 0 Å². The lowest BCUT2D eigenvalue weighted by Gasteiger charge is -2.16. The first-order valence-corrected chi connectivity index (χ1v) is 9.66. The van der Waals surface area contributed by atoms with Gasteiger partial charge in [0, 0.05) is 25.2 Å². The fourth-order valence-electron chi connectivity index (χ4n) is 3.50. The Bertz CT molecular complexity index is 741. The summed E-state index contributed by atoms with van der Waals surface area (Å²) in [5.41, 5.74) is 2.56. The van der Waals surface area contributed by atoms with E-state index >= 15 is 0 Å². The van der Waals surface area contributed by atoms with Crippen LogP contribution in [-0.2, 0) is 14.3 Å². The molecule has 0 aromatic heterocycles. The van der Waals surface area contributed by atoms with Gasteiger partial charge in [-0.25, -0.2) is 4.79 Å². The Hall–Kier alpha value is -2.63. The molecule has 6 heteroatoms. The molecule has 3 rings (SSSR count). The molecule has 144 valence electrons. The monoisotopic (exact) mass is 370 g/mol. The maximum absolute atomic E-state index is 12.4. The van der Waals surface area contributed by atoms with E-state index in [1.54, 1.807) is 12.1 Å². The molecule has 1 aromatic carbocycles. The number of imide groups is 1. The van der Waals surface area contributed by atoms with E-state index in [1.807, 2.05) is 12.1 Å². The number of allylic oxidation sites excluding steroid dienone is 1. The van der Waals surface area contributed by atoms with Gasteiger partial charge >= 0.3 is 5.97 Å². The lowest BCUT2D eigenvalue weighted by molar-refractivity contribution is -0.143. The fraction of sp³-hybridized carbons (Fsp3) is 0.476. The number of nitrogens with one attached hydrogen (secondary N) is 1. The van der Waals surface area contributed by atoms with Crippen LogP contribution in [0, 0.1) is 0 Å². The van der Waals surface area contributed by atoms with Crippen molar-refractivity contribution >= 4 is 23.5 Å². The van der Waals surface area contributed by atoms with Crippen LogP contribution in [0.25, 0.3) is 0 Å². The largest absolute Gasteiger partial charge is 0.452 e. The van der Waals surface area contributed by atoms with Crippen molar-refractivity contribution in [2.75, 3.05) is 25.0 Å². The molecule has 0 bridgehead atoms. The highest BCUT2D eigenvalue weighted by Gasteiger charge is 2.27. The van der Waals surface area contributed by atoms with Gasteiger partial charge < -0.3 is 10.1 Å². The van der Waals surface area contributed by atoms with E-state index < -0.39 is 18.5 Å². The van der Waals surface area contributed by atoms with Crippen LogP contribution in [0.15, 0.2) is 35.9 Å². The van der Waals surface area contributed by atoms with Crippen molar-refractivity contribution in [1.29, 1.82) is 0 Å². The zero-order chi connectivity index (χ0) is 19.1. The highest BCUT2D eigenvalue weighted by molar-refractivity contribution is 6.00. The first-order chi connectivity index (χ1) is 13.1. The fourth-order valence-corrected chi connectivity index (χ4v) is 3.50. The van der Waals surface area contributed by atoms with Gasteiger partial charge in [-0.15, -0.1) is 0 Å². The predicted octanol–water partition coefficient (Wildman–Crippen LogP) is 3.29. The molecule has 2 aliphatic rings. The number of amides is 2. The number of benzene rings is 1. The van der Waals surface area contributed by atoms with E-state index in [4.69, 9.17) is 4.74 Å². The number of carbonyl (C=O) groups is 3. The number of esters is 1. The summed E-state index contributed by atoms with van der Waals surface area (Å²) < 4.78 is 5.15. The first kappa shape index (κ1) is 19.1. The Morgan fingerprint density at radius 2 is 1.96 bits per heavy atom. The van der Waals surface area contributed by atoms with E-state index in [0.29, 0.717) is 30.6 Å². The summed E-state index contributed by atoms with van der Waals surface area (Å²) in [6.07, 6.45) is 9.16. The maximum Gasteiger partial charge on any atom is 0.340 e. The van der Waals surface area contributed by atoms with Gasteiger partial charge in [0.2, 0.25) is 5.91 Å². The van der Waals surface area contributed by atoms with Gasteiger partial charge in [0.15, 0.2) is 6.61 Å². The molecular weight excluding hydrogens is 344 g/mol. The van der Waals surface area contributed by atoms with Crippen molar-refractivity contribution in [1.82, 2.24) is 4.90 Å². The van der Waals surface area contributed by atoms with Crippen LogP contribution >= 0.6 is 0 Å². The quantitative estimate of drug-likeness (QED) is 0.589. The average molecular weight is 370 g/mol. The minimum Gasteiger partial charge on any atom is -0.452 e. The van der Waals surface area contributed by atoms with Crippen LogP contribution in [0.2, 0.25) is 0 Å². The molecule has 0 radical (unpaired) electrons. The van der Waals surface area contributed by atoms with Crippen LogP contribution in [0.5, 0.6) is 0 Å². The summed E-state index contributed by atoms with van der Waals surface area (Å²) >= 11 is 0. The summed E-state index contributed by atoms with van der Waals surface area (Å²) in [6, 6.07) is 7.12. The molecule has 0 unspecified atom stereocenters. The van der Waals surface area contributed by atoms with Gasteiger partial charge in [-0.05, 0) is 50.7 Å². The molecule has 1 saturated heterocycles. The summed E-state index contributed by atoms with van der Waals surface area (Å²) in [5, 5.41) is 3.30. The molecule has 1 aliphatic heterocycles. The summed E-state index contributed by atoms with van der Waals surface area (Å²) in [5.74, 6) is -1.22. The molecule has 6 nitrogen and oxygen atoms in total. The summed E-state index contributed by atoms with van der Waals surface area (Å²) in [7, 11) is 0. The molecule has 1 fully saturated rings. The molecule has 2 amide bonds. The van der Waals surface area contributed by atoms with Gasteiger partial charge in [0.25, 0.3) is 5.91 Å². The lowest BCUT2D eigenvalue weighted by atomic mass is 9.97. The van der Waals surface area contributed by atoms with E-state index in [-0.39, 0.29) is 5.91 Å². The minimum atomic E-state index is -0.560. The Balaban J connectivity index is 1.52. The Morgan fingerprint density at radius 3 is 2.70 bits per heavy atom. The normalized spacial score (nSPS) is 16.8. The van der Waals surface area contributed by atoms with Crippen molar-refractivity contribution in [2.24, 2.45) is 0 Å². The number of hydrogen-bond acceptors (Lipinski definition) is 5. The molecule has 0 saturated carbocycles. The number of hydrogen-bond donors (Lipinski definition) is 1. The zero-order valence-corrected chi connectivity index (χ0v) is 15.5. The minimum absolute atomic E-state index is 0.199. The molecule has 1 N–H and O–H groups in total. The Kier molecular flexibility index (Phi) is 6.63. The van der Waals surface area contributed by atoms with Crippen LogP contribution in [-0.4, -0.2) is 42.4 Å². The van der Waals surface area contributed by atoms with E-state index in [0.717, 1.165) is 30.7 Å². The highest BCUT2D eigenvalue weighted by Crippen LogP contribution is 2.21. The van der Waals surface area contributed by atoms with E-state index in [9.17, 15) is 14.4 Å². The van der Waals surface area contributed by atoms with E-state index in [1.165, 1.54) is 18.4 Å². The lowest BCUT2D eigenvalue weighted by Crippen LogP contribution is -2.35. The third kappa shape index (κ3) is 5.18. The number of anilines is 1. The number of carbonyl (C=O) groups excluding carboxylic acids is 3. The van der Waals surface area contributed by atoms with Gasteiger partial charge in [-0.3, -0.25) is 14.5 Å². The molecule has 27 heavy (non-hydrogen) atoms. The van der Waals surface area contributed by atoms with Gasteiger partial charge in [0.05, 0.1) is 5.56 Å².